The molecule has 1 aromatic heterocycles. The van der Waals surface area contributed by atoms with Crippen LogP contribution >= 0.6 is 0 Å². The van der Waals surface area contributed by atoms with Gasteiger partial charge in [-0.3, -0.25) is 9.78 Å². The van der Waals surface area contributed by atoms with Crippen molar-refractivity contribution >= 4 is 5.91 Å². The van der Waals surface area contributed by atoms with Crippen LogP contribution in [0.1, 0.15) is 5.69 Å². The number of ether oxygens (including phenoxy) is 1. The molecule has 0 aliphatic rings. The fourth-order valence-electron chi connectivity index (χ4n) is 1.06. The van der Waals surface area contributed by atoms with E-state index < -0.39 is 0 Å². The molecule has 0 aliphatic carbocycles. The molecule has 0 spiro atoms. The Labute approximate surface area is 83.3 Å². The minimum absolute atomic E-state index is 0.0940. The number of aromatic nitrogens is 1. The van der Waals surface area contributed by atoms with Crippen molar-refractivity contribution in [1.82, 2.24) is 10.3 Å². The molecule has 1 rings (SSSR count). The smallest absolute Gasteiger partial charge is 0.245 e. The third-order valence-electron chi connectivity index (χ3n) is 1.70. The van der Waals surface area contributed by atoms with Crippen LogP contribution in [0.2, 0.25) is 0 Å². The third kappa shape index (κ3) is 4.00. The number of nitrogens with zero attached hydrogens (tertiary/aromatic N) is 1. The van der Waals surface area contributed by atoms with E-state index in [0.717, 1.165) is 12.1 Å². The number of carbonyl (C=O) groups is 1. The Morgan fingerprint density at radius 2 is 2.43 bits per heavy atom. The first-order valence-electron chi connectivity index (χ1n) is 4.48. The number of carbonyl (C=O) groups excluding carboxylic acids is 1. The highest BCUT2D eigenvalue weighted by atomic mass is 16.5. The first kappa shape index (κ1) is 10.7. The van der Waals surface area contributed by atoms with Crippen molar-refractivity contribution in [3.63, 3.8) is 0 Å². The number of rotatable bonds is 5. The molecule has 1 amide bonds. The van der Waals surface area contributed by atoms with Gasteiger partial charge >= 0.3 is 0 Å². The van der Waals surface area contributed by atoms with Gasteiger partial charge in [-0.05, 0) is 12.1 Å². The molecule has 0 fully saturated rings. The number of hydrogen-bond acceptors (Lipinski definition) is 3. The van der Waals surface area contributed by atoms with E-state index in [-0.39, 0.29) is 12.5 Å². The Kier molecular flexibility index (Phi) is 4.64. The van der Waals surface area contributed by atoms with Gasteiger partial charge in [0.1, 0.15) is 6.61 Å². The van der Waals surface area contributed by atoms with Gasteiger partial charge < -0.3 is 10.1 Å². The molecule has 1 heterocycles. The SMILES string of the molecule is COCC(=O)NCCc1ccccn1. The molecule has 0 saturated carbocycles. The molecular weight excluding hydrogens is 180 g/mol. The second-order valence-corrected chi connectivity index (χ2v) is 2.85. The van der Waals surface area contributed by atoms with E-state index >= 15 is 0 Å². The topological polar surface area (TPSA) is 51.2 Å². The predicted molar refractivity (Wildman–Crippen MR) is 52.8 cm³/mol. The van der Waals surface area contributed by atoms with Gasteiger partial charge in [-0.25, -0.2) is 0 Å². The summed E-state index contributed by atoms with van der Waals surface area (Å²) in [5, 5.41) is 2.73. The summed E-state index contributed by atoms with van der Waals surface area (Å²) >= 11 is 0. The van der Waals surface area contributed by atoms with Gasteiger partial charge in [0.25, 0.3) is 0 Å². The van der Waals surface area contributed by atoms with Crippen molar-refractivity contribution in [1.29, 1.82) is 0 Å². The quantitative estimate of drug-likeness (QED) is 0.737. The van der Waals surface area contributed by atoms with Crippen LogP contribution in [0, 0.1) is 0 Å². The zero-order chi connectivity index (χ0) is 10.2. The van der Waals surface area contributed by atoms with Gasteiger partial charge in [0.05, 0.1) is 0 Å². The molecule has 0 unspecified atom stereocenters. The molecule has 0 saturated heterocycles. The first-order valence-corrected chi connectivity index (χ1v) is 4.48. The van der Waals surface area contributed by atoms with Gasteiger partial charge in [-0.15, -0.1) is 0 Å². The van der Waals surface area contributed by atoms with Crippen molar-refractivity contribution in [3.8, 4) is 0 Å². The number of hydrogen-bond donors (Lipinski definition) is 1. The van der Waals surface area contributed by atoms with Crippen molar-refractivity contribution in [2.45, 2.75) is 6.42 Å². The summed E-state index contributed by atoms with van der Waals surface area (Å²) in [6, 6.07) is 5.73. The highest BCUT2D eigenvalue weighted by molar-refractivity contribution is 5.77. The lowest BCUT2D eigenvalue weighted by Gasteiger charge is -2.03. The molecule has 0 bridgehead atoms. The largest absolute Gasteiger partial charge is 0.375 e. The lowest BCUT2D eigenvalue weighted by molar-refractivity contribution is -0.124. The maximum absolute atomic E-state index is 11.0. The summed E-state index contributed by atoms with van der Waals surface area (Å²) in [6.45, 7) is 0.710. The summed E-state index contributed by atoms with van der Waals surface area (Å²) < 4.78 is 4.68. The molecule has 0 radical (unpaired) electrons. The second-order valence-electron chi connectivity index (χ2n) is 2.85. The maximum Gasteiger partial charge on any atom is 0.245 e. The van der Waals surface area contributed by atoms with Crippen LogP contribution in [0.3, 0.4) is 0 Å². The van der Waals surface area contributed by atoms with Crippen LogP contribution in [-0.4, -0.2) is 31.2 Å². The lowest BCUT2D eigenvalue weighted by atomic mass is 10.3. The van der Waals surface area contributed by atoms with Crippen LogP contribution in [-0.2, 0) is 16.0 Å². The number of pyridine rings is 1. The van der Waals surface area contributed by atoms with Crippen LogP contribution in [0.5, 0.6) is 0 Å². The van der Waals surface area contributed by atoms with Crippen molar-refractivity contribution in [2.24, 2.45) is 0 Å². The van der Waals surface area contributed by atoms with Gasteiger partial charge in [-0.1, -0.05) is 6.07 Å². The number of methoxy groups -OCH3 is 1. The van der Waals surface area contributed by atoms with Gasteiger partial charge in [-0.2, -0.15) is 0 Å². The average molecular weight is 194 g/mol. The molecule has 76 valence electrons. The molecule has 0 aliphatic heterocycles. The van der Waals surface area contributed by atoms with E-state index in [1.165, 1.54) is 7.11 Å². The molecular formula is C10H14N2O2. The average Bonchev–Trinajstić information content (AvgIpc) is 2.20. The number of amides is 1. The molecule has 0 atom stereocenters. The summed E-state index contributed by atoms with van der Waals surface area (Å²) in [7, 11) is 1.50. The number of nitrogens with one attached hydrogen (secondary N) is 1. The molecule has 0 aromatic carbocycles. The Morgan fingerprint density at radius 1 is 1.57 bits per heavy atom. The Hall–Kier alpha value is -1.42. The Bertz CT molecular complexity index is 275. The van der Waals surface area contributed by atoms with Gasteiger partial charge in [0.2, 0.25) is 5.91 Å². The molecule has 14 heavy (non-hydrogen) atoms. The molecule has 1 aromatic rings. The third-order valence-corrected chi connectivity index (χ3v) is 1.70. The van der Waals surface area contributed by atoms with E-state index in [9.17, 15) is 4.79 Å². The van der Waals surface area contributed by atoms with E-state index in [1.807, 2.05) is 18.2 Å². The summed E-state index contributed by atoms with van der Waals surface area (Å²) in [5.41, 5.74) is 0.977. The van der Waals surface area contributed by atoms with Gasteiger partial charge in [0.15, 0.2) is 0 Å². The summed E-state index contributed by atoms with van der Waals surface area (Å²) in [4.78, 5) is 15.1. The monoisotopic (exact) mass is 194 g/mol. The summed E-state index contributed by atoms with van der Waals surface area (Å²) in [5.74, 6) is -0.0940. The first-order chi connectivity index (χ1) is 6.83. The highest BCUT2D eigenvalue weighted by Gasteiger charge is 1.98. The predicted octanol–water partition coefficient (Wildman–Crippen LogP) is 0.387. The maximum atomic E-state index is 11.0. The van der Waals surface area contributed by atoms with Crippen LogP contribution in [0.4, 0.5) is 0 Å². The highest BCUT2D eigenvalue weighted by Crippen LogP contribution is 1.92. The zero-order valence-electron chi connectivity index (χ0n) is 8.19. The Morgan fingerprint density at radius 3 is 3.07 bits per heavy atom. The minimum atomic E-state index is -0.0940. The van der Waals surface area contributed by atoms with Crippen molar-refractivity contribution in [3.05, 3.63) is 30.1 Å². The van der Waals surface area contributed by atoms with Crippen LogP contribution in [0.25, 0.3) is 0 Å². The van der Waals surface area contributed by atoms with Gasteiger partial charge in [0, 0.05) is 32.0 Å². The zero-order valence-corrected chi connectivity index (χ0v) is 8.19. The van der Waals surface area contributed by atoms with Crippen molar-refractivity contribution in [2.75, 3.05) is 20.3 Å². The molecule has 4 heteroatoms. The summed E-state index contributed by atoms with van der Waals surface area (Å²) in [6.07, 6.45) is 2.49. The molecule has 1 N–H and O–H groups in total. The standard InChI is InChI=1S/C10H14N2O2/c1-14-8-10(13)12-7-5-9-4-2-3-6-11-9/h2-4,6H,5,7-8H2,1H3,(H,12,13). The fraction of sp³-hybridized carbons (Fsp3) is 0.400. The lowest BCUT2D eigenvalue weighted by Crippen LogP contribution is -2.29. The van der Waals surface area contributed by atoms with Crippen LogP contribution < -0.4 is 5.32 Å². The minimum Gasteiger partial charge on any atom is -0.375 e. The second kappa shape index (κ2) is 6.10. The Balaban J connectivity index is 2.19. The van der Waals surface area contributed by atoms with E-state index in [0.29, 0.717) is 6.54 Å². The fourth-order valence-corrected chi connectivity index (χ4v) is 1.06. The van der Waals surface area contributed by atoms with E-state index in [2.05, 4.69) is 15.0 Å². The normalized spacial score (nSPS) is 9.79. The van der Waals surface area contributed by atoms with Crippen LogP contribution in [0.15, 0.2) is 24.4 Å². The van der Waals surface area contributed by atoms with Crippen molar-refractivity contribution < 1.29 is 9.53 Å². The van der Waals surface area contributed by atoms with E-state index in [4.69, 9.17) is 0 Å². The molecule has 4 nitrogen and oxygen atoms in total. The van der Waals surface area contributed by atoms with E-state index in [1.54, 1.807) is 6.20 Å².